The zero-order chi connectivity index (χ0) is 21.1. The van der Waals surface area contributed by atoms with E-state index in [2.05, 4.69) is 31.0 Å². The van der Waals surface area contributed by atoms with Crippen molar-refractivity contribution >= 4 is 29.4 Å². The molecular weight excluding hydrogens is 352 g/mol. The first kappa shape index (κ1) is 22.1. The molecule has 28 heavy (non-hydrogen) atoms. The summed E-state index contributed by atoms with van der Waals surface area (Å²) >= 11 is 0. The van der Waals surface area contributed by atoms with Crippen LogP contribution in [0.5, 0.6) is 0 Å². The van der Waals surface area contributed by atoms with Gasteiger partial charge in [0, 0.05) is 25.8 Å². The lowest BCUT2D eigenvalue weighted by molar-refractivity contribution is 0.000352. The molecule has 0 atom stereocenters. The molecule has 150 valence electrons. The Morgan fingerprint density at radius 2 is 1.43 bits per heavy atom. The van der Waals surface area contributed by atoms with E-state index in [1.54, 1.807) is 12.1 Å². The van der Waals surface area contributed by atoms with Crippen LogP contribution in [0.2, 0.25) is 6.82 Å². The zero-order valence-corrected chi connectivity index (χ0v) is 18.2. The minimum Gasteiger partial charge on any atom is -0.426 e. The van der Waals surface area contributed by atoms with Crippen molar-refractivity contribution in [2.75, 3.05) is 19.0 Å². The Kier molecular flexibility index (Phi) is 6.65. The van der Waals surface area contributed by atoms with E-state index in [1.807, 2.05) is 63.9 Å². The monoisotopic (exact) mass is 383 g/mol. The summed E-state index contributed by atoms with van der Waals surface area (Å²) in [5.74, 6) is -0.336. The molecule has 0 fully saturated rings. The Morgan fingerprint density at radius 3 is 1.93 bits per heavy atom. The summed E-state index contributed by atoms with van der Waals surface area (Å²) in [6, 6.07) is 12.6. The van der Waals surface area contributed by atoms with Gasteiger partial charge in [-0.3, -0.25) is 0 Å². The zero-order valence-electron chi connectivity index (χ0n) is 18.2. The SMILES string of the molecule is CB(OC(C)(C)C(C)(C)C)c1ccc(/N=N/c2ccc(N(C)C)cc2)cc1F. The molecule has 0 amide bonds. The molecule has 0 aliphatic heterocycles. The van der Waals surface area contributed by atoms with Crippen molar-refractivity contribution in [3.63, 3.8) is 0 Å². The molecule has 0 aromatic heterocycles. The number of hydrogen-bond acceptors (Lipinski definition) is 4. The molecule has 0 radical (unpaired) electrons. The summed E-state index contributed by atoms with van der Waals surface area (Å²) in [5, 5.41) is 8.35. The van der Waals surface area contributed by atoms with Crippen LogP contribution in [0.15, 0.2) is 52.7 Å². The predicted octanol–water partition coefficient (Wildman–Crippen LogP) is 5.98. The van der Waals surface area contributed by atoms with Gasteiger partial charge >= 0.3 is 6.92 Å². The smallest absolute Gasteiger partial charge is 0.327 e. The third kappa shape index (κ3) is 5.41. The minimum atomic E-state index is -0.393. The largest absolute Gasteiger partial charge is 0.426 e. The van der Waals surface area contributed by atoms with Crippen molar-refractivity contribution in [3.05, 3.63) is 48.3 Å². The van der Waals surface area contributed by atoms with Crippen molar-refractivity contribution < 1.29 is 9.04 Å². The molecule has 0 N–H and O–H groups in total. The average Bonchev–Trinajstić information content (AvgIpc) is 2.58. The van der Waals surface area contributed by atoms with Crippen LogP contribution in [-0.4, -0.2) is 26.6 Å². The second-order valence-electron chi connectivity index (χ2n) is 8.84. The van der Waals surface area contributed by atoms with E-state index in [1.165, 1.54) is 6.07 Å². The predicted molar refractivity (Wildman–Crippen MR) is 117 cm³/mol. The summed E-state index contributed by atoms with van der Waals surface area (Å²) in [5.41, 5.74) is 2.34. The number of hydrogen-bond donors (Lipinski definition) is 0. The van der Waals surface area contributed by atoms with Gasteiger partial charge < -0.3 is 9.55 Å². The number of azo groups is 1. The first-order chi connectivity index (χ1) is 12.9. The van der Waals surface area contributed by atoms with E-state index in [0.717, 1.165) is 11.4 Å². The highest BCUT2D eigenvalue weighted by molar-refractivity contribution is 6.66. The van der Waals surface area contributed by atoms with E-state index in [0.29, 0.717) is 11.2 Å². The van der Waals surface area contributed by atoms with Crippen LogP contribution in [-0.2, 0) is 4.65 Å². The highest BCUT2D eigenvalue weighted by Crippen LogP contribution is 2.33. The Bertz CT molecular complexity index is 827. The fourth-order valence-corrected chi connectivity index (χ4v) is 2.52. The van der Waals surface area contributed by atoms with E-state index in [-0.39, 0.29) is 18.1 Å². The van der Waals surface area contributed by atoms with Crippen LogP contribution in [0.1, 0.15) is 34.6 Å². The molecule has 0 aliphatic rings. The number of nitrogens with zero attached hydrogens (tertiary/aromatic N) is 3. The van der Waals surface area contributed by atoms with E-state index in [9.17, 15) is 4.39 Å². The summed E-state index contributed by atoms with van der Waals surface area (Å²) < 4.78 is 20.8. The summed E-state index contributed by atoms with van der Waals surface area (Å²) in [6.45, 7) is 11.9. The number of anilines is 1. The van der Waals surface area contributed by atoms with Gasteiger partial charge in [-0.1, -0.05) is 33.7 Å². The van der Waals surface area contributed by atoms with Gasteiger partial charge in [-0.25, -0.2) is 4.39 Å². The third-order valence-corrected chi connectivity index (χ3v) is 5.35. The van der Waals surface area contributed by atoms with Gasteiger partial charge in [-0.05, 0) is 55.1 Å². The maximum absolute atomic E-state index is 14.7. The van der Waals surface area contributed by atoms with Crippen molar-refractivity contribution in [3.8, 4) is 0 Å². The Morgan fingerprint density at radius 1 is 0.893 bits per heavy atom. The van der Waals surface area contributed by atoms with Gasteiger partial charge in [-0.2, -0.15) is 10.2 Å². The van der Waals surface area contributed by atoms with Crippen LogP contribution in [0.4, 0.5) is 21.5 Å². The van der Waals surface area contributed by atoms with Crippen molar-refractivity contribution in [1.29, 1.82) is 0 Å². The van der Waals surface area contributed by atoms with Crippen molar-refractivity contribution in [2.45, 2.75) is 47.0 Å². The second kappa shape index (κ2) is 8.44. The molecule has 0 spiro atoms. The highest BCUT2D eigenvalue weighted by atomic mass is 19.1. The molecule has 2 aromatic carbocycles. The normalized spacial score (nSPS) is 12.5. The second-order valence-corrected chi connectivity index (χ2v) is 8.84. The highest BCUT2D eigenvalue weighted by Gasteiger charge is 2.36. The van der Waals surface area contributed by atoms with Gasteiger partial charge in [0.2, 0.25) is 0 Å². The molecule has 0 bridgehead atoms. The molecule has 0 saturated carbocycles. The van der Waals surface area contributed by atoms with E-state index >= 15 is 0 Å². The number of halogens is 1. The summed E-state index contributed by atoms with van der Waals surface area (Å²) in [6.07, 6.45) is 0. The molecule has 0 saturated heterocycles. The topological polar surface area (TPSA) is 37.2 Å². The molecule has 2 aromatic rings. The quantitative estimate of drug-likeness (QED) is 0.455. The first-order valence-electron chi connectivity index (χ1n) is 9.57. The lowest BCUT2D eigenvalue weighted by atomic mass is 9.61. The summed E-state index contributed by atoms with van der Waals surface area (Å²) in [7, 11) is 3.96. The number of rotatable bonds is 6. The van der Waals surface area contributed by atoms with Gasteiger partial charge in [0.15, 0.2) is 0 Å². The maximum Gasteiger partial charge on any atom is 0.327 e. The Labute approximate surface area is 168 Å². The van der Waals surface area contributed by atoms with Crippen LogP contribution < -0.4 is 10.4 Å². The summed E-state index contributed by atoms with van der Waals surface area (Å²) in [4.78, 5) is 2.01. The lowest BCUT2D eigenvalue weighted by Crippen LogP contribution is -2.47. The molecule has 0 aliphatic carbocycles. The first-order valence-corrected chi connectivity index (χ1v) is 9.57. The Balaban J connectivity index is 2.13. The molecular formula is C22H31BFN3O. The Hall–Kier alpha value is -2.21. The fraction of sp³-hybridized carbons (Fsp3) is 0.455. The van der Waals surface area contributed by atoms with Gasteiger partial charge in [0.1, 0.15) is 5.82 Å². The standard InChI is InChI=1S/C22H31BFN3O/c1-21(2,3)22(4,5)28-23(6)19-14-11-17(15-20(19)24)26-25-16-9-12-18(13-10-16)27(7)8/h9-15H,1-8H3/b26-25+. The van der Waals surface area contributed by atoms with Crippen LogP contribution in [0.25, 0.3) is 0 Å². The van der Waals surface area contributed by atoms with Gasteiger partial charge in [0.05, 0.1) is 17.0 Å². The molecule has 4 nitrogen and oxygen atoms in total. The lowest BCUT2D eigenvalue weighted by Gasteiger charge is -2.40. The van der Waals surface area contributed by atoms with Gasteiger partial charge in [0.25, 0.3) is 0 Å². The maximum atomic E-state index is 14.7. The minimum absolute atomic E-state index is 0.0615. The third-order valence-electron chi connectivity index (χ3n) is 5.35. The van der Waals surface area contributed by atoms with Crippen LogP contribution in [0, 0.1) is 11.2 Å². The fourth-order valence-electron chi connectivity index (χ4n) is 2.52. The molecule has 6 heteroatoms. The van der Waals surface area contributed by atoms with Crippen molar-refractivity contribution in [1.82, 2.24) is 0 Å². The molecule has 0 unspecified atom stereocenters. The average molecular weight is 383 g/mol. The molecule has 0 heterocycles. The molecule has 2 rings (SSSR count). The van der Waals surface area contributed by atoms with Crippen molar-refractivity contribution in [2.24, 2.45) is 15.6 Å². The van der Waals surface area contributed by atoms with E-state index in [4.69, 9.17) is 4.65 Å². The van der Waals surface area contributed by atoms with Crippen LogP contribution in [0.3, 0.4) is 0 Å². The van der Waals surface area contributed by atoms with Crippen LogP contribution >= 0.6 is 0 Å². The number of benzene rings is 2. The van der Waals surface area contributed by atoms with Gasteiger partial charge in [-0.15, -0.1) is 0 Å². The van der Waals surface area contributed by atoms with E-state index < -0.39 is 5.60 Å².